The Kier molecular flexibility index (Phi) is 3.97. The van der Waals surface area contributed by atoms with E-state index in [-0.39, 0.29) is 11.9 Å². The van der Waals surface area contributed by atoms with Crippen LogP contribution in [0.15, 0.2) is 35.9 Å². The Morgan fingerprint density at radius 2 is 2.00 bits per heavy atom. The minimum Gasteiger partial charge on any atom is -0.478 e. The highest BCUT2D eigenvalue weighted by Crippen LogP contribution is 2.26. The first-order valence-corrected chi connectivity index (χ1v) is 6.08. The molecule has 0 amide bonds. The van der Waals surface area contributed by atoms with Crippen molar-refractivity contribution in [1.82, 2.24) is 0 Å². The number of aliphatic carboxylic acids is 1. The number of nitrogens with one attached hydrogen (secondary N) is 1. The SMILES string of the molecule is O=C(O)C=C1CCC(Nc2ccccc2F)CC1. The Bertz CT molecular complexity index is 461. The lowest BCUT2D eigenvalue weighted by Gasteiger charge is -2.25. The van der Waals surface area contributed by atoms with Gasteiger partial charge in [0.25, 0.3) is 0 Å². The van der Waals surface area contributed by atoms with Crippen LogP contribution in [0.25, 0.3) is 0 Å². The molecule has 1 aliphatic carbocycles. The lowest BCUT2D eigenvalue weighted by Crippen LogP contribution is -2.23. The second kappa shape index (κ2) is 5.67. The molecular formula is C14H16FNO2. The van der Waals surface area contributed by atoms with Gasteiger partial charge in [0.2, 0.25) is 0 Å². The maximum absolute atomic E-state index is 13.4. The van der Waals surface area contributed by atoms with E-state index < -0.39 is 5.97 Å². The van der Waals surface area contributed by atoms with E-state index in [0.717, 1.165) is 31.3 Å². The molecule has 1 aromatic carbocycles. The van der Waals surface area contributed by atoms with Crippen molar-refractivity contribution in [2.45, 2.75) is 31.7 Å². The number of para-hydroxylation sites is 1. The molecule has 0 atom stereocenters. The number of carboxylic acid groups (broad SMARTS) is 1. The van der Waals surface area contributed by atoms with Gasteiger partial charge in [-0.15, -0.1) is 0 Å². The predicted octanol–water partition coefficient (Wildman–Crippen LogP) is 3.19. The maximum Gasteiger partial charge on any atom is 0.328 e. The van der Waals surface area contributed by atoms with Crippen molar-refractivity contribution in [3.05, 3.63) is 41.7 Å². The Morgan fingerprint density at radius 1 is 1.33 bits per heavy atom. The normalized spacial score (nSPS) is 19.4. The number of allylic oxidation sites excluding steroid dienone is 1. The largest absolute Gasteiger partial charge is 0.478 e. The molecular weight excluding hydrogens is 233 g/mol. The van der Waals surface area contributed by atoms with Gasteiger partial charge in [0.15, 0.2) is 0 Å². The molecule has 0 aliphatic heterocycles. The predicted molar refractivity (Wildman–Crippen MR) is 68.0 cm³/mol. The number of anilines is 1. The highest BCUT2D eigenvalue weighted by molar-refractivity contribution is 5.80. The second-order valence-corrected chi connectivity index (χ2v) is 4.54. The molecule has 18 heavy (non-hydrogen) atoms. The van der Waals surface area contributed by atoms with Crippen LogP contribution in [0.4, 0.5) is 10.1 Å². The van der Waals surface area contributed by atoms with Crippen molar-refractivity contribution in [3.8, 4) is 0 Å². The summed E-state index contributed by atoms with van der Waals surface area (Å²) in [6.07, 6.45) is 4.50. The van der Waals surface area contributed by atoms with Crippen molar-refractivity contribution in [1.29, 1.82) is 0 Å². The molecule has 1 saturated carbocycles. The molecule has 0 unspecified atom stereocenters. The number of rotatable bonds is 3. The van der Waals surface area contributed by atoms with Crippen LogP contribution in [0.5, 0.6) is 0 Å². The molecule has 1 fully saturated rings. The minimum absolute atomic E-state index is 0.216. The van der Waals surface area contributed by atoms with Gasteiger partial charge in [-0.25, -0.2) is 9.18 Å². The molecule has 0 bridgehead atoms. The van der Waals surface area contributed by atoms with Gasteiger partial charge < -0.3 is 10.4 Å². The smallest absolute Gasteiger partial charge is 0.328 e. The van der Waals surface area contributed by atoms with Crippen LogP contribution in [0.2, 0.25) is 0 Å². The van der Waals surface area contributed by atoms with Gasteiger partial charge in [-0.1, -0.05) is 17.7 Å². The quantitative estimate of drug-likeness (QED) is 0.809. The number of carboxylic acids is 1. The number of hydrogen-bond acceptors (Lipinski definition) is 2. The lowest BCUT2D eigenvalue weighted by molar-refractivity contribution is -0.131. The third-order valence-electron chi connectivity index (χ3n) is 3.19. The molecule has 2 rings (SSSR count). The zero-order valence-corrected chi connectivity index (χ0v) is 10.0. The number of benzene rings is 1. The Balaban J connectivity index is 1.91. The molecule has 4 heteroatoms. The standard InChI is InChI=1S/C14H16FNO2/c15-12-3-1-2-4-13(12)16-11-7-5-10(6-8-11)9-14(17)18/h1-4,9,11,16H,5-8H2,(H,17,18). The van der Waals surface area contributed by atoms with Gasteiger partial charge in [0, 0.05) is 12.1 Å². The summed E-state index contributed by atoms with van der Waals surface area (Å²) in [6.45, 7) is 0. The molecule has 0 radical (unpaired) electrons. The third kappa shape index (κ3) is 3.32. The van der Waals surface area contributed by atoms with Gasteiger partial charge in [-0.3, -0.25) is 0 Å². The Labute approximate surface area is 105 Å². The summed E-state index contributed by atoms with van der Waals surface area (Å²) in [7, 11) is 0. The zero-order chi connectivity index (χ0) is 13.0. The fourth-order valence-corrected chi connectivity index (χ4v) is 2.25. The van der Waals surface area contributed by atoms with E-state index in [1.54, 1.807) is 18.2 Å². The molecule has 1 aromatic rings. The van der Waals surface area contributed by atoms with Crippen LogP contribution >= 0.6 is 0 Å². The van der Waals surface area contributed by atoms with Crippen LogP contribution < -0.4 is 5.32 Å². The number of halogens is 1. The summed E-state index contributed by atoms with van der Waals surface area (Å²) in [4.78, 5) is 10.5. The minimum atomic E-state index is -0.884. The average Bonchev–Trinajstić information content (AvgIpc) is 2.34. The summed E-state index contributed by atoms with van der Waals surface area (Å²) in [5.74, 6) is -1.13. The molecule has 1 aliphatic rings. The second-order valence-electron chi connectivity index (χ2n) is 4.54. The molecule has 0 spiro atoms. The van der Waals surface area contributed by atoms with E-state index in [1.165, 1.54) is 12.1 Å². The van der Waals surface area contributed by atoms with Gasteiger partial charge >= 0.3 is 5.97 Å². The monoisotopic (exact) mass is 249 g/mol. The fraction of sp³-hybridized carbons (Fsp3) is 0.357. The van der Waals surface area contributed by atoms with Crippen LogP contribution in [-0.2, 0) is 4.79 Å². The highest BCUT2D eigenvalue weighted by atomic mass is 19.1. The van der Waals surface area contributed by atoms with Crippen LogP contribution in [0, 0.1) is 5.82 Å². The molecule has 0 heterocycles. The topological polar surface area (TPSA) is 49.3 Å². The molecule has 3 nitrogen and oxygen atoms in total. The number of carbonyl (C=O) groups is 1. The first kappa shape index (κ1) is 12.6. The molecule has 2 N–H and O–H groups in total. The summed E-state index contributed by atoms with van der Waals surface area (Å²) in [5, 5.41) is 11.8. The fourth-order valence-electron chi connectivity index (χ4n) is 2.25. The van der Waals surface area contributed by atoms with Crippen LogP contribution in [-0.4, -0.2) is 17.1 Å². The summed E-state index contributed by atoms with van der Waals surface area (Å²) in [6, 6.07) is 6.82. The average molecular weight is 249 g/mol. The maximum atomic E-state index is 13.4. The first-order chi connectivity index (χ1) is 8.65. The van der Waals surface area contributed by atoms with E-state index in [2.05, 4.69) is 5.32 Å². The Hall–Kier alpha value is -1.84. The van der Waals surface area contributed by atoms with Gasteiger partial charge in [-0.2, -0.15) is 0 Å². The first-order valence-electron chi connectivity index (χ1n) is 6.08. The molecule has 96 valence electrons. The van der Waals surface area contributed by atoms with Crippen molar-refractivity contribution >= 4 is 11.7 Å². The summed E-state index contributed by atoms with van der Waals surface area (Å²) >= 11 is 0. The van der Waals surface area contributed by atoms with E-state index in [1.807, 2.05) is 0 Å². The third-order valence-corrected chi connectivity index (χ3v) is 3.19. The number of hydrogen-bond donors (Lipinski definition) is 2. The molecule has 0 aromatic heterocycles. The van der Waals surface area contributed by atoms with Crippen molar-refractivity contribution in [2.24, 2.45) is 0 Å². The highest BCUT2D eigenvalue weighted by Gasteiger charge is 2.17. The van der Waals surface area contributed by atoms with Crippen molar-refractivity contribution in [3.63, 3.8) is 0 Å². The van der Waals surface area contributed by atoms with Gasteiger partial charge in [0.1, 0.15) is 5.82 Å². The van der Waals surface area contributed by atoms with E-state index in [9.17, 15) is 9.18 Å². The van der Waals surface area contributed by atoms with Crippen LogP contribution in [0.3, 0.4) is 0 Å². The van der Waals surface area contributed by atoms with E-state index in [4.69, 9.17) is 5.11 Å². The van der Waals surface area contributed by atoms with Gasteiger partial charge in [-0.05, 0) is 37.8 Å². The summed E-state index contributed by atoms with van der Waals surface area (Å²) < 4.78 is 13.4. The van der Waals surface area contributed by atoms with E-state index in [0.29, 0.717) is 5.69 Å². The lowest BCUT2D eigenvalue weighted by atomic mass is 9.90. The van der Waals surface area contributed by atoms with Crippen LogP contribution in [0.1, 0.15) is 25.7 Å². The summed E-state index contributed by atoms with van der Waals surface area (Å²) in [5.41, 5.74) is 1.49. The van der Waals surface area contributed by atoms with Crippen molar-refractivity contribution < 1.29 is 14.3 Å². The molecule has 0 saturated heterocycles. The zero-order valence-electron chi connectivity index (χ0n) is 10.0. The Morgan fingerprint density at radius 3 is 2.61 bits per heavy atom. The van der Waals surface area contributed by atoms with Gasteiger partial charge in [0.05, 0.1) is 5.69 Å². The van der Waals surface area contributed by atoms with Crippen molar-refractivity contribution in [2.75, 3.05) is 5.32 Å². The van der Waals surface area contributed by atoms with E-state index >= 15 is 0 Å².